The van der Waals surface area contributed by atoms with Gasteiger partial charge in [0.1, 0.15) is 0 Å². The predicted molar refractivity (Wildman–Crippen MR) is 13.7 cm³/mol. The van der Waals surface area contributed by atoms with Crippen molar-refractivity contribution in [2.75, 3.05) is 0 Å². The van der Waals surface area contributed by atoms with Gasteiger partial charge in [-0.15, -0.1) is 0 Å². The molecule has 0 unspecified atom stereocenters. The third-order valence-corrected chi connectivity index (χ3v) is 0. The molecule has 0 atom stereocenters. The lowest BCUT2D eigenvalue weighted by Gasteiger charge is -1.31. The van der Waals surface area contributed by atoms with Gasteiger partial charge in [-0.1, -0.05) is 0 Å². The molecule has 4 heavy (non-hydrogen) atoms. The van der Waals surface area contributed by atoms with Gasteiger partial charge in [-0.05, 0) is 0 Å². The summed E-state index contributed by atoms with van der Waals surface area (Å²) in [7, 11) is 0. The Kier molecular flexibility index (Phi) is 131. The van der Waals surface area contributed by atoms with Crippen LogP contribution in [0.5, 0.6) is 0 Å². The van der Waals surface area contributed by atoms with Gasteiger partial charge in [-0.25, -0.2) is 0 Å². The highest BCUT2D eigenvalue weighted by Crippen LogP contribution is 1.29. The summed E-state index contributed by atoms with van der Waals surface area (Å²) in [6.07, 6.45) is 0. The number of nitrogens with zero attached hydrogens (tertiary/aromatic N) is 3. The van der Waals surface area contributed by atoms with Crippen LogP contribution in [-0.2, 0) is 0 Å². The fourth-order valence-electron chi connectivity index (χ4n) is 0. The van der Waals surface area contributed by atoms with E-state index < -0.39 is 0 Å². The molecule has 0 rings (SSSR count). The molecule has 0 aliphatic heterocycles. The summed E-state index contributed by atoms with van der Waals surface area (Å²) in [6, 6.07) is 0. The first kappa shape index (κ1) is 10.4. The zero-order valence-corrected chi connectivity index (χ0v) is 1.84. The molecule has 0 radical (unpaired) electrons. The van der Waals surface area contributed by atoms with E-state index in [0.717, 1.165) is 0 Å². The quantitative estimate of drug-likeness (QED) is 0.214. The van der Waals surface area contributed by atoms with Crippen LogP contribution >= 0.6 is 0 Å². The van der Waals surface area contributed by atoms with Crippen molar-refractivity contribution in [1.82, 2.24) is 0 Å². The average Bonchev–Trinajstić information content (AvgIpc) is 0.918. The highest BCUT2D eigenvalue weighted by molar-refractivity contribution is 4.36. The lowest BCUT2D eigenvalue weighted by atomic mass is 13.0. The van der Waals surface area contributed by atoms with Gasteiger partial charge in [0.05, 0.1) is 0 Å². The van der Waals surface area contributed by atoms with Crippen LogP contribution in [0.25, 0.3) is 16.0 Å². The summed E-state index contributed by atoms with van der Waals surface area (Å²) in [5.74, 6) is 0. The first-order valence-corrected chi connectivity index (χ1v) is 0.400. The van der Waals surface area contributed by atoms with Crippen LogP contribution in [0.4, 0.5) is 0 Å². The highest BCUT2D eigenvalue weighted by Gasteiger charge is 0.689. The molecule has 0 heterocycles. The molecular formula is H2N3O-. The van der Waals surface area contributed by atoms with Gasteiger partial charge in [0.15, 0.2) is 0 Å². The van der Waals surface area contributed by atoms with Gasteiger partial charge in [0, 0.05) is 0 Å². The van der Waals surface area contributed by atoms with Gasteiger partial charge in [0.2, 0.25) is 0 Å². The molecule has 0 spiro atoms. The van der Waals surface area contributed by atoms with Crippen molar-refractivity contribution in [2.45, 2.75) is 0 Å². The molecule has 0 saturated heterocycles. The lowest BCUT2D eigenvalue weighted by molar-refractivity contribution is 0.824. The highest BCUT2D eigenvalue weighted by atomic mass is 16.0. The zero-order valence-electron chi connectivity index (χ0n) is 1.84. The molecule has 0 amide bonds. The van der Waals surface area contributed by atoms with Crippen LogP contribution in [0.3, 0.4) is 0 Å². The Labute approximate surface area is 22.8 Å². The van der Waals surface area contributed by atoms with Gasteiger partial charge in [0.25, 0.3) is 0 Å². The van der Waals surface area contributed by atoms with Crippen molar-refractivity contribution >= 4 is 0 Å². The molecule has 0 aromatic rings. The Morgan fingerprint density at radius 2 is 1.25 bits per heavy atom. The second kappa shape index (κ2) is 50.2. The van der Waals surface area contributed by atoms with Crippen molar-refractivity contribution in [2.24, 2.45) is 0 Å². The van der Waals surface area contributed by atoms with Crippen LogP contribution in [0.2, 0.25) is 0 Å². The Hall–Kier alpha value is -0.730. The van der Waals surface area contributed by atoms with Crippen LogP contribution in [-0.4, -0.2) is 5.48 Å². The summed E-state index contributed by atoms with van der Waals surface area (Å²) < 4.78 is 0. The minimum Gasteiger partial charge on any atom is -0.412 e. The Balaban J connectivity index is 0. The Bertz CT molecular complexity index is 24.3. The molecule has 4 nitrogen and oxygen atoms in total. The molecule has 0 aliphatic rings. The van der Waals surface area contributed by atoms with E-state index in [1.807, 2.05) is 0 Å². The molecule has 0 aromatic carbocycles. The van der Waals surface area contributed by atoms with Crippen molar-refractivity contribution in [1.29, 1.82) is 0 Å². The van der Waals surface area contributed by atoms with Crippen molar-refractivity contribution in [3.63, 3.8) is 0 Å². The smallest absolute Gasteiger partial charge is 0.255 e. The lowest BCUT2D eigenvalue weighted by Crippen LogP contribution is -0.711. The molecule has 2 N–H and O–H groups in total. The maximum atomic E-state index is 6.75. The fraction of sp³-hybridized carbons (Fsp3) is 0. The van der Waals surface area contributed by atoms with Crippen LogP contribution in [0.15, 0.2) is 0 Å². The Morgan fingerprint density at radius 1 is 1.25 bits per heavy atom. The Morgan fingerprint density at radius 3 is 1.25 bits per heavy atom. The molecular weight excluding hydrogens is 58.0 g/mol. The summed E-state index contributed by atoms with van der Waals surface area (Å²) in [5.41, 5.74) is 13.5. The number of hydrogen-bond acceptors (Lipinski definition) is 0. The van der Waals surface area contributed by atoms with Gasteiger partial charge in [-0.2, -0.15) is 0 Å². The van der Waals surface area contributed by atoms with Crippen LogP contribution < -0.4 is 0 Å². The first-order chi connectivity index (χ1) is 1.41. The van der Waals surface area contributed by atoms with Gasteiger partial charge < -0.3 is 16.5 Å². The summed E-state index contributed by atoms with van der Waals surface area (Å²) in [4.78, 5) is 1.50. The maximum absolute atomic E-state index is 6.75. The number of hydrogen-bond donors (Lipinski definition) is 0. The van der Waals surface area contributed by atoms with E-state index in [1.54, 1.807) is 0 Å². The SMILES string of the molecule is O.[N-]=[N+]=[N-]. The molecule has 24 valence electrons. The summed E-state index contributed by atoms with van der Waals surface area (Å²) in [5, 5.41) is 0. The fourth-order valence-corrected chi connectivity index (χ4v) is 0. The van der Waals surface area contributed by atoms with Crippen LogP contribution in [0.1, 0.15) is 0 Å². The monoisotopic (exact) mass is 60.0 g/mol. The van der Waals surface area contributed by atoms with Crippen molar-refractivity contribution < 1.29 is 5.48 Å². The van der Waals surface area contributed by atoms with E-state index in [4.69, 9.17) is 11.1 Å². The molecule has 0 fully saturated rings. The van der Waals surface area contributed by atoms with Crippen molar-refractivity contribution in [3.05, 3.63) is 16.0 Å². The molecule has 4 heteroatoms. The molecule has 0 aromatic heterocycles. The average molecular weight is 60.0 g/mol. The van der Waals surface area contributed by atoms with E-state index in [1.165, 1.54) is 4.91 Å². The standard InChI is InChI=1S/N3.H2O/c1-3-2;/h;1H2/q-1;. The topological polar surface area (TPSA) is 90.2 Å². The number of rotatable bonds is 0. The zero-order chi connectivity index (χ0) is 2.71. The summed E-state index contributed by atoms with van der Waals surface area (Å²) in [6.45, 7) is 0. The second-order valence-corrected chi connectivity index (χ2v) is 0.0894. The second-order valence-electron chi connectivity index (χ2n) is 0.0894. The van der Waals surface area contributed by atoms with Gasteiger partial charge >= 0.3 is 0 Å². The van der Waals surface area contributed by atoms with E-state index in [2.05, 4.69) is 0 Å². The van der Waals surface area contributed by atoms with E-state index in [-0.39, 0.29) is 5.48 Å². The van der Waals surface area contributed by atoms with Gasteiger partial charge in [-0.3, -0.25) is 4.91 Å². The molecule has 0 aliphatic carbocycles. The van der Waals surface area contributed by atoms with E-state index in [0.29, 0.717) is 0 Å². The molecule has 0 bridgehead atoms. The minimum atomic E-state index is 0. The largest absolute Gasteiger partial charge is 0.412 e. The third kappa shape index (κ3) is 0.174. The van der Waals surface area contributed by atoms with Crippen LogP contribution in [0, 0.1) is 0 Å². The van der Waals surface area contributed by atoms with Crippen molar-refractivity contribution in [3.8, 4) is 0 Å². The maximum Gasteiger partial charge on any atom is -0.255 e. The third-order valence-electron chi connectivity index (χ3n) is 0. The van der Waals surface area contributed by atoms with E-state index >= 15 is 0 Å². The molecule has 0 saturated carbocycles. The first-order valence-electron chi connectivity index (χ1n) is 0.400. The normalized spacial score (nSPS) is 2.00. The summed E-state index contributed by atoms with van der Waals surface area (Å²) >= 11 is 0. The van der Waals surface area contributed by atoms with E-state index in [9.17, 15) is 0 Å². The minimum absolute atomic E-state index is 0. The predicted octanol–water partition coefficient (Wildman–Crippen LogP) is 0.0414.